The highest BCUT2D eigenvalue weighted by atomic mass is 16.3. The molecular weight excluding hydrogens is 757 g/mol. The molecule has 2 aliphatic heterocycles. The second kappa shape index (κ2) is 11.5. The van der Waals surface area contributed by atoms with Gasteiger partial charge in [-0.15, -0.1) is 0 Å². The van der Waals surface area contributed by atoms with Crippen molar-refractivity contribution in [2.75, 3.05) is 4.81 Å². The zero-order chi connectivity index (χ0) is 41.4. The Kier molecular flexibility index (Phi) is 6.40. The van der Waals surface area contributed by atoms with Crippen LogP contribution >= 0.6 is 0 Å². The molecule has 0 N–H and O–H groups in total. The first-order valence-corrected chi connectivity index (χ1v) is 21.7. The van der Waals surface area contributed by atoms with Crippen LogP contribution in [0.15, 0.2) is 160 Å². The van der Waals surface area contributed by atoms with Crippen molar-refractivity contribution in [1.82, 2.24) is 9.55 Å². The Hall–Kier alpha value is -7.31. The van der Waals surface area contributed by atoms with E-state index < -0.39 is 0 Å². The third-order valence-electron chi connectivity index (χ3n) is 14.4. The van der Waals surface area contributed by atoms with E-state index in [1.807, 2.05) is 24.3 Å². The van der Waals surface area contributed by atoms with Crippen LogP contribution in [0.3, 0.4) is 0 Å². The Morgan fingerprint density at radius 2 is 1.35 bits per heavy atom. The average Bonchev–Trinajstić information content (AvgIpc) is 4.02. The molecule has 11 aromatic rings. The molecule has 0 amide bonds. The van der Waals surface area contributed by atoms with Crippen LogP contribution in [-0.4, -0.2) is 16.4 Å². The molecule has 0 unspecified atom stereocenters. The van der Waals surface area contributed by atoms with Crippen molar-refractivity contribution in [2.45, 2.75) is 45.4 Å². The molecule has 62 heavy (non-hydrogen) atoms. The summed E-state index contributed by atoms with van der Waals surface area (Å²) in [5.41, 5.74) is 21.7. The Balaban J connectivity index is 1.14. The maximum Gasteiger partial charge on any atom is 0.333 e. The molecular formula is C56H40BN3O2. The highest BCUT2D eigenvalue weighted by Gasteiger charge is 2.46. The van der Waals surface area contributed by atoms with Gasteiger partial charge in [-0.3, -0.25) is 0 Å². The van der Waals surface area contributed by atoms with Crippen LogP contribution in [0.4, 0.5) is 11.4 Å². The highest BCUT2D eigenvalue weighted by Crippen LogP contribution is 2.54. The predicted octanol–water partition coefficient (Wildman–Crippen LogP) is 13.3. The van der Waals surface area contributed by atoms with E-state index in [-0.39, 0.29) is 17.7 Å². The zero-order valence-electron chi connectivity index (χ0n) is 35.2. The molecule has 294 valence electrons. The smallest absolute Gasteiger partial charge is 0.333 e. The van der Waals surface area contributed by atoms with Gasteiger partial charge in [0.2, 0.25) is 5.89 Å². The van der Waals surface area contributed by atoms with Crippen LogP contribution in [0.2, 0.25) is 0 Å². The summed E-state index contributed by atoms with van der Waals surface area (Å²) in [6.45, 7) is 11.5. The quantitative estimate of drug-likeness (QED) is 0.163. The number of anilines is 2. The van der Waals surface area contributed by atoms with Crippen molar-refractivity contribution in [3.8, 4) is 39.4 Å². The van der Waals surface area contributed by atoms with Gasteiger partial charge in [-0.05, 0) is 104 Å². The number of furan rings is 1. The summed E-state index contributed by atoms with van der Waals surface area (Å²) in [5.74, 6) is 0.619. The van der Waals surface area contributed by atoms with Crippen molar-refractivity contribution in [3.05, 3.63) is 168 Å². The number of hydrogen-bond acceptors (Lipinski definition) is 4. The molecule has 5 nitrogen and oxygen atoms in total. The molecule has 3 aliphatic rings. The van der Waals surface area contributed by atoms with Crippen molar-refractivity contribution in [1.29, 1.82) is 0 Å². The number of oxazole rings is 1. The topological polar surface area (TPSA) is 47.3 Å². The third-order valence-corrected chi connectivity index (χ3v) is 14.4. The monoisotopic (exact) mass is 797 g/mol. The first-order valence-electron chi connectivity index (χ1n) is 21.7. The van der Waals surface area contributed by atoms with Crippen LogP contribution in [0.5, 0.6) is 0 Å². The van der Waals surface area contributed by atoms with E-state index in [1.54, 1.807) is 0 Å². The fraction of sp³-hybridized carbons (Fsp3) is 0.125. The summed E-state index contributed by atoms with van der Waals surface area (Å²) in [6.07, 6.45) is 0. The van der Waals surface area contributed by atoms with Gasteiger partial charge in [-0.2, -0.15) is 0 Å². The van der Waals surface area contributed by atoms with Crippen LogP contribution in [0.1, 0.15) is 51.3 Å². The standard InChI is InChI=1S/C56H40BN3O2/c1-55(2,3)32-19-21-33(22-20-32)60-47-27-38-34-15-9-11-17-42(34)56(4,5)43(38)26-40(47)36-23-24-37-39-25-41-35-16-10-12-18-49(35)61-50(41)29-46(39)59-48-30-51-45(28-44(48)57(60)52(36)53(37)59)58-54(62-51)31-13-7-6-8-14-31/h6-30H,1-5H3. The number of fused-ring (bicyclic) bond motifs is 15. The Morgan fingerprint density at radius 1 is 0.565 bits per heavy atom. The predicted molar refractivity (Wildman–Crippen MR) is 256 cm³/mol. The van der Waals surface area contributed by atoms with E-state index in [0.717, 1.165) is 55.5 Å². The summed E-state index contributed by atoms with van der Waals surface area (Å²) < 4.78 is 15.7. The number of hydrogen-bond donors (Lipinski definition) is 0. The lowest BCUT2D eigenvalue weighted by molar-refractivity contribution is 0.590. The molecule has 3 aromatic heterocycles. The molecule has 0 atom stereocenters. The van der Waals surface area contributed by atoms with Gasteiger partial charge in [0.25, 0.3) is 0 Å². The second-order valence-corrected chi connectivity index (χ2v) is 19.1. The molecule has 0 saturated carbocycles. The maximum absolute atomic E-state index is 6.67. The van der Waals surface area contributed by atoms with Crippen molar-refractivity contribution < 1.29 is 8.83 Å². The average molecular weight is 798 g/mol. The third kappa shape index (κ3) is 4.36. The van der Waals surface area contributed by atoms with E-state index in [4.69, 9.17) is 13.8 Å². The first kappa shape index (κ1) is 34.4. The molecule has 8 aromatic carbocycles. The van der Waals surface area contributed by atoms with Gasteiger partial charge in [-0.1, -0.05) is 120 Å². The van der Waals surface area contributed by atoms with Crippen molar-refractivity contribution in [2.24, 2.45) is 0 Å². The minimum Gasteiger partial charge on any atom is -0.456 e. The SMILES string of the molecule is CC(C)(C)c1ccc(N2B3c4cc5nc(-c6ccccc6)oc5cc4-n4c5cc6oc7ccccc7c6cc5c5ccc(c3c54)-c3cc4c(cc32)-c2ccccc2C4(C)C)cc1. The fourth-order valence-electron chi connectivity index (χ4n) is 11.3. The maximum atomic E-state index is 6.67. The Morgan fingerprint density at radius 3 is 2.19 bits per heavy atom. The van der Waals surface area contributed by atoms with Crippen LogP contribution in [0.25, 0.3) is 94.2 Å². The number of nitrogens with zero attached hydrogens (tertiary/aromatic N) is 3. The lowest BCUT2D eigenvalue weighted by Crippen LogP contribution is -2.60. The van der Waals surface area contributed by atoms with Gasteiger partial charge < -0.3 is 18.2 Å². The van der Waals surface area contributed by atoms with E-state index in [0.29, 0.717) is 5.89 Å². The second-order valence-electron chi connectivity index (χ2n) is 19.1. The lowest BCUT2D eigenvalue weighted by Gasteiger charge is -2.42. The minimum absolute atomic E-state index is 0.0190. The summed E-state index contributed by atoms with van der Waals surface area (Å²) in [4.78, 5) is 7.81. The van der Waals surface area contributed by atoms with Gasteiger partial charge in [0.1, 0.15) is 16.7 Å². The molecule has 0 saturated heterocycles. The van der Waals surface area contributed by atoms with E-state index >= 15 is 0 Å². The Labute approximate surface area is 358 Å². The number of benzene rings is 8. The Bertz CT molecular complexity index is 3770. The largest absolute Gasteiger partial charge is 0.456 e. The molecule has 0 bridgehead atoms. The molecule has 14 rings (SSSR count). The van der Waals surface area contributed by atoms with Gasteiger partial charge in [0, 0.05) is 67.3 Å². The van der Waals surface area contributed by atoms with Crippen LogP contribution in [-0.2, 0) is 10.8 Å². The van der Waals surface area contributed by atoms with Gasteiger partial charge in [-0.25, -0.2) is 4.98 Å². The van der Waals surface area contributed by atoms with Crippen molar-refractivity contribution in [3.63, 3.8) is 0 Å². The molecule has 1 aliphatic carbocycles. The molecule has 0 radical (unpaired) electrons. The van der Waals surface area contributed by atoms with Gasteiger partial charge in [0.05, 0.1) is 11.0 Å². The fourth-order valence-corrected chi connectivity index (χ4v) is 11.3. The number of aromatic nitrogens is 2. The zero-order valence-corrected chi connectivity index (χ0v) is 35.2. The minimum atomic E-state index is -0.165. The highest BCUT2D eigenvalue weighted by molar-refractivity contribution is 6.93. The summed E-state index contributed by atoms with van der Waals surface area (Å²) in [7, 11) is 0. The molecule has 0 fully saturated rings. The molecule has 0 spiro atoms. The van der Waals surface area contributed by atoms with Crippen LogP contribution in [0, 0.1) is 0 Å². The lowest BCUT2D eigenvalue weighted by atomic mass is 9.44. The summed E-state index contributed by atoms with van der Waals surface area (Å²) in [5, 5.41) is 4.69. The van der Waals surface area contributed by atoms with Crippen LogP contribution < -0.4 is 15.7 Å². The summed E-state index contributed by atoms with van der Waals surface area (Å²) in [6, 6.07) is 55.8. The summed E-state index contributed by atoms with van der Waals surface area (Å²) >= 11 is 0. The normalized spacial score (nSPS) is 14.6. The van der Waals surface area contributed by atoms with E-state index in [2.05, 4.69) is 171 Å². The number of rotatable bonds is 2. The molecule has 6 heteroatoms. The molecule has 5 heterocycles. The van der Waals surface area contributed by atoms with Gasteiger partial charge >= 0.3 is 6.85 Å². The van der Waals surface area contributed by atoms with E-state index in [9.17, 15) is 0 Å². The number of para-hydroxylation sites is 1. The van der Waals surface area contributed by atoms with E-state index in [1.165, 1.54) is 71.8 Å². The van der Waals surface area contributed by atoms with Crippen molar-refractivity contribution >= 4 is 84.0 Å². The van der Waals surface area contributed by atoms with Gasteiger partial charge in [0.15, 0.2) is 5.58 Å². The first-order chi connectivity index (χ1) is 30.1.